The number of hydrogen-bond donors (Lipinski definition) is 1. The zero-order chi connectivity index (χ0) is 14.3. The number of nitrogen functional groups attached to an aromatic ring is 1. The van der Waals surface area contributed by atoms with E-state index >= 15 is 0 Å². The van der Waals surface area contributed by atoms with Gasteiger partial charge in [0.1, 0.15) is 9.71 Å². The number of amides is 1. The van der Waals surface area contributed by atoms with E-state index in [0.717, 1.165) is 29.7 Å². The summed E-state index contributed by atoms with van der Waals surface area (Å²) in [5.74, 6) is 1.23. The fourth-order valence-electron chi connectivity index (χ4n) is 2.62. The Balaban J connectivity index is 1.91. The summed E-state index contributed by atoms with van der Waals surface area (Å²) in [4.78, 5) is 15.9. The third-order valence-electron chi connectivity index (χ3n) is 4.24. The molecule has 0 aliphatic carbocycles. The number of thiophene rings is 1. The highest BCUT2D eigenvalue weighted by atomic mass is 32.1. The fourth-order valence-corrected chi connectivity index (χ4v) is 3.63. The summed E-state index contributed by atoms with van der Waals surface area (Å²) >= 11 is 1.34. The summed E-state index contributed by atoms with van der Waals surface area (Å²) in [6.45, 7) is 6.06. The monoisotopic (exact) mass is 290 g/mol. The van der Waals surface area contributed by atoms with E-state index in [0.29, 0.717) is 22.4 Å². The third-order valence-corrected chi connectivity index (χ3v) is 5.33. The Labute approximate surface area is 121 Å². The van der Waals surface area contributed by atoms with Crippen molar-refractivity contribution in [3.63, 3.8) is 0 Å². The lowest BCUT2D eigenvalue weighted by molar-refractivity contribution is 0.0633. The van der Waals surface area contributed by atoms with E-state index in [2.05, 4.69) is 24.0 Å². The number of fused-ring (bicyclic) bond motifs is 1. The van der Waals surface area contributed by atoms with Gasteiger partial charge in [0.2, 0.25) is 0 Å². The molecule has 0 aromatic carbocycles. The summed E-state index contributed by atoms with van der Waals surface area (Å²) in [6.07, 6.45) is 2.65. The van der Waals surface area contributed by atoms with Crippen LogP contribution in [0.2, 0.25) is 0 Å². The van der Waals surface area contributed by atoms with E-state index in [-0.39, 0.29) is 5.91 Å². The zero-order valence-electron chi connectivity index (χ0n) is 11.7. The van der Waals surface area contributed by atoms with Crippen LogP contribution < -0.4 is 5.73 Å². The zero-order valence-corrected chi connectivity index (χ0v) is 12.5. The van der Waals surface area contributed by atoms with Crippen LogP contribution in [0.1, 0.15) is 29.9 Å². The molecule has 0 saturated carbocycles. The van der Waals surface area contributed by atoms with Crippen molar-refractivity contribution in [3.05, 3.63) is 17.1 Å². The van der Waals surface area contributed by atoms with Gasteiger partial charge in [-0.05, 0) is 24.3 Å². The number of hydrogen-bond acceptors (Lipinski definition) is 5. The summed E-state index contributed by atoms with van der Waals surface area (Å²) in [5, 5.41) is 8.70. The number of piperidine rings is 1. The molecule has 1 aliphatic heterocycles. The van der Waals surface area contributed by atoms with Crippen molar-refractivity contribution in [1.82, 2.24) is 15.1 Å². The highest BCUT2D eigenvalue weighted by Crippen LogP contribution is 2.33. The van der Waals surface area contributed by atoms with Gasteiger partial charge in [-0.3, -0.25) is 4.79 Å². The van der Waals surface area contributed by atoms with Crippen molar-refractivity contribution in [2.45, 2.75) is 20.3 Å². The molecule has 1 saturated heterocycles. The minimum atomic E-state index is 0.0317. The molecule has 2 atom stereocenters. The Morgan fingerprint density at radius 1 is 1.45 bits per heavy atom. The Morgan fingerprint density at radius 2 is 2.25 bits per heavy atom. The Hall–Kier alpha value is -1.69. The minimum Gasteiger partial charge on any atom is -0.397 e. The van der Waals surface area contributed by atoms with Gasteiger partial charge in [-0.1, -0.05) is 13.8 Å². The molecule has 3 rings (SSSR count). The van der Waals surface area contributed by atoms with E-state index < -0.39 is 0 Å². The van der Waals surface area contributed by atoms with E-state index in [1.165, 1.54) is 11.3 Å². The molecule has 1 aliphatic rings. The standard InChI is InChI=1S/C14H18N4OS/c1-8-4-6-18(7-9(8)2)14(19)12-11(15)10-3-5-16-17-13(10)20-12/h3,5,8-9H,4,6-7,15H2,1-2H3. The van der Waals surface area contributed by atoms with Crippen molar-refractivity contribution in [1.29, 1.82) is 0 Å². The van der Waals surface area contributed by atoms with Crippen LogP contribution in [0.25, 0.3) is 10.2 Å². The highest BCUT2D eigenvalue weighted by molar-refractivity contribution is 7.21. The van der Waals surface area contributed by atoms with Crippen molar-refractivity contribution >= 4 is 33.1 Å². The molecule has 0 bridgehead atoms. The predicted octanol–water partition coefficient (Wildman–Crippen LogP) is 2.39. The molecule has 0 spiro atoms. The molecule has 2 aromatic rings. The first-order chi connectivity index (χ1) is 9.58. The van der Waals surface area contributed by atoms with Gasteiger partial charge in [0.05, 0.1) is 11.9 Å². The first kappa shape index (κ1) is 13.3. The van der Waals surface area contributed by atoms with Gasteiger partial charge in [-0.15, -0.1) is 16.4 Å². The highest BCUT2D eigenvalue weighted by Gasteiger charge is 2.29. The number of nitrogens with two attached hydrogens (primary N) is 1. The van der Waals surface area contributed by atoms with E-state index in [1.54, 1.807) is 6.20 Å². The molecule has 0 radical (unpaired) electrons. The van der Waals surface area contributed by atoms with Gasteiger partial charge in [0, 0.05) is 18.5 Å². The molecule has 106 valence electrons. The number of anilines is 1. The average Bonchev–Trinajstić information content (AvgIpc) is 2.79. The van der Waals surface area contributed by atoms with Crippen LogP contribution >= 0.6 is 11.3 Å². The van der Waals surface area contributed by atoms with Crippen LogP contribution in [0.5, 0.6) is 0 Å². The Kier molecular flexibility index (Phi) is 3.33. The molecule has 5 nitrogen and oxygen atoms in total. The summed E-state index contributed by atoms with van der Waals surface area (Å²) in [6, 6.07) is 1.81. The molecule has 3 heterocycles. The maximum Gasteiger partial charge on any atom is 0.266 e. The predicted molar refractivity (Wildman–Crippen MR) is 80.7 cm³/mol. The Bertz CT molecular complexity index is 654. The Morgan fingerprint density at radius 3 is 2.95 bits per heavy atom. The van der Waals surface area contributed by atoms with E-state index in [9.17, 15) is 4.79 Å². The average molecular weight is 290 g/mol. The topological polar surface area (TPSA) is 72.1 Å². The van der Waals surface area contributed by atoms with Crippen LogP contribution in [0.15, 0.2) is 12.3 Å². The second-order valence-corrected chi connectivity index (χ2v) is 6.59. The van der Waals surface area contributed by atoms with E-state index in [1.807, 2.05) is 11.0 Å². The van der Waals surface area contributed by atoms with Crippen molar-refractivity contribution in [2.24, 2.45) is 11.8 Å². The van der Waals surface area contributed by atoms with Gasteiger partial charge in [-0.25, -0.2) is 0 Å². The number of likely N-dealkylation sites (tertiary alicyclic amines) is 1. The molecule has 1 fully saturated rings. The SMILES string of the molecule is CC1CCN(C(=O)c2sc3nnccc3c2N)CC1C. The maximum atomic E-state index is 12.7. The second kappa shape index (κ2) is 5.01. The number of carbonyl (C=O) groups excluding carboxylic acids is 1. The van der Waals surface area contributed by atoms with Gasteiger partial charge in [0.15, 0.2) is 0 Å². The lowest BCUT2D eigenvalue weighted by Gasteiger charge is -2.35. The van der Waals surface area contributed by atoms with Crippen LogP contribution in [-0.2, 0) is 0 Å². The summed E-state index contributed by atoms with van der Waals surface area (Å²) in [7, 11) is 0. The van der Waals surface area contributed by atoms with Gasteiger partial charge >= 0.3 is 0 Å². The largest absolute Gasteiger partial charge is 0.397 e. The van der Waals surface area contributed by atoms with Crippen molar-refractivity contribution in [2.75, 3.05) is 18.8 Å². The van der Waals surface area contributed by atoms with Crippen LogP contribution in [0.3, 0.4) is 0 Å². The first-order valence-electron chi connectivity index (χ1n) is 6.87. The lowest BCUT2D eigenvalue weighted by atomic mass is 9.88. The fraction of sp³-hybridized carbons (Fsp3) is 0.500. The summed E-state index contributed by atoms with van der Waals surface area (Å²) in [5.41, 5.74) is 6.64. The number of carbonyl (C=O) groups is 1. The molecule has 2 aromatic heterocycles. The smallest absolute Gasteiger partial charge is 0.266 e. The quantitative estimate of drug-likeness (QED) is 0.875. The van der Waals surface area contributed by atoms with Crippen LogP contribution in [0.4, 0.5) is 5.69 Å². The van der Waals surface area contributed by atoms with Crippen molar-refractivity contribution < 1.29 is 4.79 Å². The number of rotatable bonds is 1. The minimum absolute atomic E-state index is 0.0317. The van der Waals surface area contributed by atoms with E-state index in [4.69, 9.17) is 5.73 Å². The second-order valence-electron chi connectivity index (χ2n) is 5.59. The molecule has 20 heavy (non-hydrogen) atoms. The molecular weight excluding hydrogens is 272 g/mol. The van der Waals surface area contributed by atoms with Gasteiger partial charge < -0.3 is 10.6 Å². The first-order valence-corrected chi connectivity index (χ1v) is 7.68. The maximum absolute atomic E-state index is 12.7. The normalized spacial score (nSPS) is 23.2. The van der Waals surface area contributed by atoms with Crippen molar-refractivity contribution in [3.8, 4) is 0 Å². The van der Waals surface area contributed by atoms with Gasteiger partial charge in [-0.2, -0.15) is 5.10 Å². The third kappa shape index (κ3) is 2.14. The molecule has 6 heteroatoms. The lowest BCUT2D eigenvalue weighted by Crippen LogP contribution is -2.42. The van der Waals surface area contributed by atoms with Gasteiger partial charge in [0.25, 0.3) is 5.91 Å². The number of nitrogens with zero attached hydrogens (tertiary/aromatic N) is 3. The number of aromatic nitrogens is 2. The molecular formula is C14H18N4OS. The molecule has 2 N–H and O–H groups in total. The van der Waals surface area contributed by atoms with Crippen LogP contribution in [0, 0.1) is 11.8 Å². The summed E-state index contributed by atoms with van der Waals surface area (Å²) < 4.78 is 0. The molecule has 1 amide bonds. The molecule has 2 unspecified atom stereocenters. The van der Waals surface area contributed by atoms with Crippen LogP contribution in [-0.4, -0.2) is 34.1 Å².